The first-order chi connectivity index (χ1) is 14.4. The van der Waals surface area contributed by atoms with Gasteiger partial charge in [0.2, 0.25) is 11.8 Å². The lowest BCUT2D eigenvalue weighted by molar-refractivity contribution is -0.132. The quantitative estimate of drug-likeness (QED) is 0.581. The molecule has 3 rings (SSSR count). The molecule has 2 aromatic rings. The Hall–Kier alpha value is -2.68. The normalized spacial score (nSPS) is 16.1. The van der Waals surface area contributed by atoms with Gasteiger partial charge in [-0.2, -0.15) is 8.78 Å². The maximum Gasteiger partial charge on any atom is 0.387 e. The molecule has 2 aromatic carbocycles. The highest BCUT2D eigenvalue weighted by Crippen LogP contribution is 2.32. The Bertz CT molecular complexity index is 926. The van der Waals surface area contributed by atoms with Gasteiger partial charge in [-0.1, -0.05) is 18.2 Å². The molecule has 2 amide bonds. The van der Waals surface area contributed by atoms with Crippen molar-refractivity contribution < 1.29 is 27.8 Å². The summed E-state index contributed by atoms with van der Waals surface area (Å²) in [6.07, 6.45) is 0.825. The Morgan fingerprint density at radius 2 is 2.03 bits per heavy atom. The number of nitrogens with zero attached hydrogens (tertiary/aromatic N) is 1. The average Bonchev–Trinajstić information content (AvgIpc) is 3.09. The summed E-state index contributed by atoms with van der Waals surface area (Å²) in [6, 6.07) is 12.1. The third kappa shape index (κ3) is 5.08. The van der Waals surface area contributed by atoms with Gasteiger partial charge in [-0.15, -0.1) is 0 Å². The predicted molar refractivity (Wildman–Crippen MR) is 111 cm³/mol. The zero-order valence-corrected chi connectivity index (χ0v) is 17.8. The van der Waals surface area contributed by atoms with Crippen molar-refractivity contribution in [3.63, 3.8) is 0 Å². The highest BCUT2D eigenvalue weighted by atomic mass is 79.9. The summed E-state index contributed by atoms with van der Waals surface area (Å²) in [7, 11) is 1.36. The van der Waals surface area contributed by atoms with Gasteiger partial charge in [-0.05, 0) is 58.6 Å². The molecule has 1 aliphatic heterocycles. The van der Waals surface area contributed by atoms with Crippen LogP contribution in [-0.2, 0) is 16.0 Å². The number of anilines is 1. The monoisotopic (exact) mass is 482 g/mol. The van der Waals surface area contributed by atoms with Gasteiger partial charge in [0.1, 0.15) is 5.92 Å². The van der Waals surface area contributed by atoms with Crippen LogP contribution < -0.4 is 19.7 Å². The van der Waals surface area contributed by atoms with Crippen LogP contribution in [0.1, 0.15) is 12.0 Å². The van der Waals surface area contributed by atoms with Crippen molar-refractivity contribution in [1.82, 2.24) is 5.32 Å². The van der Waals surface area contributed by atoms with Crippen LogP contribution in [0.3, 0.4) is 0 Å². The number of amides is 2. The van der Waals surface area contributed by atoms with E-state index in [0.29, 0.717) is 24.9 Å². The molecule has 0 aliphatic carbocycles. The Labute approximate surface area is 181 Å². The molecule has 0 bridgehead atoms. The summed E-state index contributed by atoms with van der Waals surface area (Å²) in [5.41, 5.74) is 1.43. The van der Waals surface area contributed by atoms with E-state index >= 15 is 0 Å². The summed E-state index contributed by atoms with van der Waals surface area (Å²) in [6.45, 7) is -2.24. The van der Waals surface area contributed by atoms with Crippen LogP contribution in [0, 0.1) is 5.92 Å². The third-order valence-electron chi connectivity index (χ3n) is 4.82. The molecule has 1 fully saturated rings. The molecule has 0 saturated carbocycles. The number of halogens is 3. The Kier molecular flexibility index (Phi) is 7.25. The lowest BCUT2D eigenvalue weighted by Crippen LogP contribution is -2.37. The van der Waals surface area contributed by atoms with Crippen LogP contribution >= 0.6 is 15.9 Å². The largest absolute Gasteiger partial charge is 0.493 e. The second kappa shape index (κ2) is 9.88. The molecule has 1 atom stereocenters. The Morgan fingerprint density at radius 3 is 2.73 bits per heavy atom. The fourth-order valence-electron chi connectivity index (χ4n) is 3.35. The number of hydrogen-bond acceptors (Lipinski definition) is 4. The van der Waals surface area contributed by atoms with Gasteiger partial charge in [0.05, 0.1) is 12.8 Å². The number of hydrogen-bond donors (Lipinski definition) is 1. The molecule has 1 unspecified atom stereocenters. The highest BCUT2D eigenvalue weighted by molar-refractivity contribution is 9.10. The summed E-state index contributed by atoms with van der Waals surface area (Å²) in [5.74, 6) is -1.19. The molecule has 1 saturated heterocycles. The first kappa shape index (κ1) is 22.0. The van der Waals surface area contributed by atoms with Gasteiger partial charge in [0.15, 0.2) is 11.5 Å². The average molecular weight is 483 g/mol. The van der Waals surface area contributed by atoms with E-state index in [0.717, 1.165) is 10.2 Å². The molecular formula is C21H21BrF2N2O4. The SMILES string of the molecule is COc1ccc(CCNC(=O)C2CCN(c3ccccc3Br)C2=O)cc1OC(F)F. The van der Waals surface area contributed by atoms with Crippen LogP contribution in [0.4, 0.5) is 14.5 Å². The van der Waals surface area contributed by atoms with E-state index in [2.05, 4.69) is 26.0 Å². The molecule has 0 spiro atoms. The summed E-state index contributed by atoms with van der Waals surface area (Å²) >= 11 is 3.43. The van der Waals surface area contributed by atoms with Crippen molar-refractivity contribution in [2.24, 2.45) is 5.92 Å². The number of alkyl halides is 2. The molecule has 1 heterocycles. The van der Waals surface area contributed by atoms with E-state index in [1.165, 1.54) is 19.2 Å². The van der Waals surface area contributed by atoms with E-state index in [1.54, 1.807) is 11.0 Å². The fraction of sp³-hybridized carbons (Fsp3) is 0.333. The number of ether oxygens (including phenoxy) is 2. The maximum atomic E-state index is 12.7. The number of carbonyl (C=O) groups is 2. The van der Waals surface area contributed by atoms with Gasteiger partial charge in [0, 0.05) is 17.6 Å². The molecule has 0 aromatic heterocycles. The topological polar surface area (TPSA) is 67.9 Å². The highest BCUT2D eigenvalue weighted by Gasteiger charge is 2.37. The van der Waals surface area contributed by atoms with Crippen molar-refractivity contribution in [1.29, 1.82) is 0 Å². The predicted octanol–water partition coefficient (Wildman–Crippen LogP) is 3.77. The lowest BCUT2D eigenvalue weighted by atomic mass is 10.1. The van der Waals surface area contributed by atoms with E-state index in [-0.39, 0.29) is 29.9 Å². The number of rotatable bonds is 8. The molecule has 1 aliphatic rings. The molecule has 0 radical (unpaired) electrons. The minimum absolute atomic E-state index is 0.0635. The number of benzene rings is 2. The Morgan fingerprint density at radius 1 is 1.27 bits per heavy atom. The molecule has 160 valence electrons. The third-order valence-corrected chi connectivity index (χ3v) is 5.49. The van der Waals surface area contributed by atoms with E-state index in [1.807, 2.05) is 24.3 Å². The molecule has 1 N–H and O–H groups in total. The molecule has 30 heavy (non-hydrogen) atoms. The molecule has 6 nitrogen and oxygen atoms in total. The van der Waals surface area contributed by atoms with Gasteiger partial charge in [-0.3, -0.25) is 9.59 Å². The number of methoxy groups -OCH3 is 1. The number of carbonyl (C=O) groups excluding carboxylic acids is 2. The lowest BCUT2D eigenvalue weighted by Gasteiger charge is -2.18. The minimum atomic E-state index is -2.96. The van der Waals surface area contributed by atoms with E-state index in [9.17, 15) is 18.4 Å². The van der Waals surface area contributed by atoms with Crippen LogP contribution in [-0.4, -0.2) is 38.6 Å². The molecule has 9 heteroatoms. The summed E-state index contributed by atoms with van der Waals surface area (Å²) in [4.78, 5) is 26.8. The number of para-hydroxylation sites is 1. The van der Waals surface area contributed by atoms with Crippen LogP contribution in [0.25, 0.3) is 0 Å². The summed E-state index contributed by atoms with van der Waals surface area (Å²) < 4.78 is 35.3. The number of nitrogens with one attached hydrogen (secondary N) is 1. The standard InChI is InChI=1S/C21H21BrF2N2O4/c1-29-17-7-6-13(12-18(17)30-21(23)24)8-10-25-19(27)14-9-11-26(20(14)28)16-5-3-2-4-15(16)22/h2-7,12,14,21H,8-11H2,1H3,(H,25,27). The van der Waals surface area contributed by atoms with Gasteiger partial charge < -0.3 is 19.7 Å². The van der Waals surface area contributed by atoms with Crippen molar-refractivity contribution in [2.45, 2.75) is 19.5 Å². The first-order valence-electron chi connectivity index (χ1n) is 9.36. The maximum absolute atomic E-state index is 12.7. The van der Waals surface area contributed by atoms with Crippen molar-refractivity contribution in [2.75, 3.05) is 25.1 Å². The molecular weight excluding hydrogens is 462 g/mol. The van der Waals surface area contributed by atoms with Crippen LogP contribution in [0.5, 0.6) is 11.5 Å². The zero-order chi connectivity index (χ0) is 21.7. The van der Waals surface area contributed by atoms with E-state index in [4.69, 9.17) is 4.74 Å². The van der Waals surface area contributed by atoms with E-state index < -0.39 is 12.5 Å². The van der Waals surface area contributed by atoms with Crippen molar-refractivity contribution in [3.05, 3.63) is 52.5 Å². The van der Waals surface area contributed by atoms with Crippen LogP contribution in [0.15, 0.2) is 46.9 Å². The fourth-order valence-corrected chi connectivity index (χ4v) is 3.85. The Balaban J connectivity index is 1.56. The second-order valence-corrected chi connectivity index (χ2v) is 7.54. The summed E-state index contributed by atoms with van der Waals surface area (Å²) in [5, 5.41) is 2.76. The first-order valence-corrected chi connectivity index (χ1v) is 10.2. The second-order valence-electron chi connectivity index (χ2n) is 6.69. The van der Waals surface area contributed by atoms with Gasteiger partial charge >= 0.3 is 6.61 Å². The minimum Gasteiger partial charge on any atom is -0.493 e. The smallest absolute Gasteiger partial charge is 0.387 e. The van der Waals surface area contributed by atoms with Crippen molar-refractivity contribution in [3.8, 4) is 11.5 Å². The van der Waals surface area contributed by atoms with Gasteiger partial charge in [-0.25, -0.2) is 0 Å². The van der Waals surface area contributed by atoms with Crippen LogP contribution in [0.2, 0.25) is 0 Å². The van der Waals surface area contributed by atoms with Crippen molar-refractivity contribution >= 4 is 33.4 Å². The van der Waals surface area contributed by atoms with Gasteiger partial charge in [0.25, 0.3) is 0 Å². The zero-order valence-electron chi connectivity index (χ0n) is 16.2.